The van der Waals surface area contributed by atoms with Crippen LogP contribution in [0.4, 0.5) is 0 Å². The third-order valence-corrected chi connectivity index (χ3v) is 18.1. The number of hydrogen-bond acceptors (Lipinski definition) is 39. The van der Waals surface area contributed by atoms with Gasteiger partial charge in [0.1, 0.15) is 158 Å². The highest BCUT2D eigenvalue weighted by Gasteiger charge is 2.55. The predicted molar refractivity (Wildman–Crippen MR) is 341 cm³/mol. The van der Waals surface area contributed by atoms with E-state index in [1.165, 1.54) is 6.92 Å². The normalized spacial score (nSPS) is 38.5. The first-order valence-electron chi connectivity index (χ1n) is 34.8. The molecule has 0 saturated carbocycles. The second-order valence-electron chi connectivity index (χ2n) is 25.9. The summed E-state index contributed by atoms with van der Waals surface area (Å²) in [5.74, 6) is -0.985. The van der Waals surface area contributed by atoms with E-state index >= 15 is 0 Å². The minimum atomic E-state index is -1.91. The number of Topliss-reactive ketones (excluding diaryl/α,β-unsaturated/α-hetero) is 2. The van der Waals surface area contributed by atoms with Crippen LogP contribution in [0.15, 0.2) is 0 Å². The molecule has 42 heteroatoms. The summed E-state index contributed by atoms with van der Waals surface area (Å²) in [4.78, 5) is 60.2. The zero-order valence-corrected chi connectivity index (χ0v) is 57.8. The number of aliphatic hydroxyl groups excluding tert-OH is 20. The Kier molecular flexibility index (Phi) is 40.4. The maximum Gasteiger partial charge on any atom is 0.234 e. The number of carbonyl (C=O) groups is 5. The number of nitrogens with one attached hydrogen (secondary N) is 4. The summed E-state index contributed by atoms with van der Waals surface area (Å²) in [7, 11) is 0. The Bertz CT molecular complexity index is 2490. The van der Waals surface area contributed by atoms with Crippen molar-refractivity contribution >= 4 is 29.3 Å². The molecule has 0 aromatic rings. The Hall–Kier alpha value is -3.61. The van der Waals surface area contributed by atoms with Crippen LogP contribution in [0.1, 0.15) is 97.3 Å². The minimum Gasteiger partial charge on any atom is -0.394 e. The zero-order chi connectivity index (χ0) is 77.1. The van der Waals surface area contributed by atoms with Crippen LogP contribution in [0, 0.1) is 0 Å². The van der Waals surface area contributed by atoms with E-state index in [-0.39, 0.29) is 81.2 Å². The second kappa shape index (κ2) is 46.1. The number of hydrogen-bond donors (Lipinski definition) is 25. The smallest absolute Gasteiger partial charge is 0.234 e. The van der Waals surface area contributed by atoms with Gasteiger partial charge in [-0.2, -0.15) is 0 Å². The summed E-state index contributed by atoms with van der Waals surface area (Å²) in [6.45, 7) is -0.420. The van der Waals surface area contributed by atoms with Crippen molar-refractivity contribution in [2.45, 2.75) is 288 Å². The van der Waals surface area contributed by atoms with E-state index in [4.69, 9.17) is 62.6 Å². The predicted octanol–water partition coefficient (Wildman–Crippen LogP) is -12.7. The van der Waals surface area contributed by atoms with Crippen LogP contribution >= 0.6 is 0 Å². The molecule has 26 N–H and O–H groups in total. The van der Waals surface area contributed by atoms with Gasteiger partial charge in [0.15, 0.2) is 37.7 Å². The molecule has 3 amide bonds. The number of aliphatic hydroxyl groups is 20. The molecule has 0 unspecified atom stereocenters. The minimum absolute atomic E-state index is 0.0651. The number of ketones is 2. The zero-order valence-electron chi connectivity index (χ0n) is 57.8. The Morgan fingerprint density at radius 3 is 1.14 bits per heavy atom. The lowest BCUT2D eigenvalue weighted by molar-refractivity contribution is -0.366. The van der Waals surface area contributed by atoms with Crippen molar-refractivity contribution in [3.05, 3.63) is 0 Å². The number of nitrogens with two attached hydrogens (primary N) is 1. The van der Waals surface area contributed by atoms with Gasteiger partial charge in [-0.05, 0) is 65.3 Å². The van der Waals surface area contributed by atoms with E-state index in [1.807, 2.05) is 6.92 Å². The Labute approximate surface area is 598 Å². The standard InChI is InChI=1S/C33H60N4O19.C29H51NO18/c1-15(40)16(6-4-5-9-34)36-37-21(42)8-3-2-7-20(41)35-10-11-51-32-29(50)30(56-33-28(49)26(47)23(44)18(13-39)54-33)24(45)19(55-32)14-52-31-27(48)25(46)22(43)17(12-38)53-31;1-2-30-17(34)8-4-3-6-13(33)7-5-9-43-28-25(42)26(48-29-24(41)22(39)19(36)15(11-32)46-29)20(37)16(47-28)12-44-27-23(40)21(38)18(35)14(10-31)45-27/h16-19,22-33,36,38-39,43-50H,2-14,34H2,1H3,(H,35,41)(H,37,42);14-16,18-29,31-32,35-42H,2-12H2,1H3,(H,30,34)/t16-,17+,18+,19+,22+,23+,24+,25-,26-,27-,28-,29-,30-,31-,32-,33+;14-,15-,16-,18-,19-,20-,21+,22+,23+,24+,25+,26+,27+,28+,29-/m01/s1. The van der Waals surface area contributed by atoms with Crippen LogP contribution in [0.2, 0.25) is 0 Å². The average Bonchev–Trinajstić information content (AvgIpc) is 0.794. The van der Waals surface area contributed by atoms with Gasteiger partial charge in [0, 0.05) is 45.2 Å². The molecule has 0 aromatic heterocycles. The van der Waals surface area contributed by atoms with Gasteiger partial charge in [0.25, 0.3) is 0 Å². The molecule has 104 heavy (non-hydrogen) atoms. The number of unbranched alkanes of at least 4 members (excludes halogenated alkanes) is 3. The van der Waals surface area contributed by atoms with Crippen LogP contribution in [0.3, 0.4) is 0 Å². The molecule has 0 bridgehead atoms. The molecule has 6 heterocycles. The highest BCUT2D eigenvalue weighted by atomic mass is 16.8. The van der Waals surface area contributed by atoms with Crippen molar-refractivity contribution in [1.82, 2.24) is 21.5 Å². The van der Waals surface area contributed by atoms with E-state index in [1.54, 1.807) is 0 Å². The Morgan fingerprint density at radius 2 is 0.740 bits per heavy atom. The van der Waals surface area contributed by atoms with Crippen LogP contribution < -0.4 is 27.2 Å². The summed E-state index contributed by atoms with van der Waals surface area (Å²) in [6, 6.07) is -0.528. The quantitative estimate of drug-likeness (QED) is 0.0200. The van der Waals surface area contributed by atoms with Crippen LogP contribution in [0.5, 0.6) is 0 Å². The van der Waals surface area contributed by atoms with Crippen molar-refractivity contribution in [1.29, 1.82) is 0 Å². The van der Waals surface area contributed by atoms with Crippen molar-refractivity contribution in [3.63, 3.8) is 0 Å². The molecule has 0 aliphatic carbocycles. The maximum atomic E-state index is 12.4. The number of rotatable bonds is 41. The molecular weight excluding hydrogens is 1410 g/mol. The van der Waals surface area contributed by atoms with Crippen molar-refractivity contribution in [2.24, 2.45) is 5.73 Å². The molecule has 31 atom stereocenters. The van der Waals surface area contributed by atoms with Crippen molar-refractivity contribution in [3.8, 4) is 0 Å². The van der Waals surface area contributed by atoms with E-state index in [0.29, 0.717) is 51.6 Å². The van der Waals surface area contributed by atoms with E-state index in [2.05, 4.69) is 21.5 Å². The fraction of sp³-hybridized carbons (Fsp3) is 0.919. The summed E-state index contributed by atoms with van der Waals surface area (Å²) >= 11 is 0. The molecule has 6 fully saturated rings. The van der Waals surface area contributed by atoms with Crippen LogP contribution in [0.25, 0.3) is 0 Å². The fourth-order valence-corrected chi connectivity index (χ4v) is 11.7. The lowest BCUT2D eigenvalue weighted by atomic mass is 9.96. The Morgan fingerprint density at radius 1 is 0.385 bits per heavy atom. The average molecular weight is 1520 g/mol. The number of carbonyl (C=O) groups excluding carboxylic acids is 5. The molecular formula is C62H111N5O37. The van der Waals surface area contributed by atoms with E-state index in [0.717, 1.165) is 12.8 Å². The third-order valence-electron chi connectivity index (χ3n) is 18.1. The van der Waals surface area contributed by atoms with Crippen LogP contribution in [-0.2, 0) is 80.8 Å². The topological polar surface area (TPSA) is 675 Å². The second-order valence-corrected chi connectivity index (χ2v) is 25.9. The largest absolute Gasteiger partial charge is 0.394 e. The van der Waals surface area contributed by atoms with E-state index in [9.17, 15) is 126 Å². The van der Waals surface area contributed by atoms with Gasteiger partial charge in [-0.1, -0.05) is 6.42 Å². The first kappa shape index (κ1) is 91.0. The molecule has 6 saturated heterocycles. The maximum absolute atomic E-state index is 12.4. The van der Waals surface area contributed by atoms with Crippen molar-refractivity contribution in [2.75, 3.05) is 72.5 Å². The Balaban J connectivity index is 0.000000378. The monoisotopic (exact) mass is 1520 g/mol. The van der Waals surface area contributed by atoms with Gasteiger partial charge in [-0.25, -0.2) is 5.43 Å². The number of amides is 3. The van der Waals surface area contributed by atoms with Gasteiger partial charge in [0.2, 0.25) is 17.7 Å². The van der Waals surface area contributed by atoms with Gasteiger partial charge in [0.05, 0.1) is 58.9 Å². The van der Waals surface area contributed by atoms with Gasteiger partial charge in [-0.3, -0.25) is 29.4 Å². The first-order valence-corrected chi connectivity index (χ1v) is 34.8. The number of ether oxygens (including phenoxy) is 12. The van der Waals surface area contributed by atoms with E-state index < -0.39 is 230 Å². The molecule has 0 spiro atoms. The third kappa shape index (κ3) is 26.6. The van der Waals surface area contributed by atoms with Gasteiger partial charge < -0.3 is 175 Å². The SMILES string of the molecule is CC(=O)[C@H](CCCCN)NNC(=O)CCCCC(=O)NCCO[C@H]1O[C@H](CO[C@H]2O[C@H](CO)[C@@H](O)[C@H](O)[C@@H]2O)[C@@H](O)[C@H](O[C@H]2O[C@H](CO)[C@@H](O)[C@H](O)[C@@H]2O)[C@@H]1O.CCNC(=O)CCCCC(=O)CCCO[C@H]1O[C@H](CO[C@H]2O[C@H](CO)[C@@H](O)[C@H](O)[C@@H]2O)[C@@H](O)[C@H](O[C@H]2O[C@H](CO)[C@@H](O)[C@H](O)[C@@H]2O)[C@@H]1O. The molecule has 42 nitrogen and oxygen atoms in total. The molecule has 6 aliphatic heterocycles. The lowest BCUT2D eigenvalue weighted by Gasteiger charge is -2.46. The molecule has 0 radical (unpaired) electrons. The summed E-state index contributed by atoms with van der Waals surface area (Å²) in [5.41, 5.74) is 10.7. The van der Waals surface area contributed by atoms with Crippen molar-refractivity contribution < 1.29 is 183 Å². The summed E-state index contributed by atoms with van der Waals surface area (Å²) in [6.07, 6.45) is -45.0. The molecule has 6 rings (SSSR count). The highest BCUT2D eigenvalue weighted by Crippen LogP contribution is 2.34. The summed E-state index contributed by atoms with van der Waals surface area (Å²) < 4.78 is 66.4. The first-order chi connectivity index (χ1) is 49.5. The lowest BCUT2D eigenvalue weighted by Crippen LogP contribution is -2.65. The molecule has 6 aliphatic rings. The molecule has 606 valence electrons. The molecule has 0 aromatic carbocycles. The van der Waals surface area contributed by atoms with Gasteiger partial charge in [-0.15, -0.1) is 0 Å². The van der Waals surface area contributed by atoms with Gasteiger partial charge >= 0.3 is 0 Å². The fourth-order valence-electron chi connectivity index (χ4n) is 11.7. The highest BCUT2D eigenvalue weighted by molar-refractivity contribution is 5.82. The van der Waals surface area contributed by atoms with Crippen LogP contribution in [-0.4, -0.2) is 394 Å². The summed E-state index contributed by atoms with van der Waals surface area (Å²) in [5, 5.41) is 210. The number of hydrazine groups is 1.